The molecule has 1 aliphatic rings. The fourth-order valence-corrected chi connectivity index (χ4v) is 12.2. The molecule has 5 heterocycles. The molecule has 0 saturated carbocycles. The largest absolute Gasteiger partial charge is 0.494 e. The number of aryl methyl sites for hydroxylation is 4. The normalized spacial score (nSPS) is 13.2. The van der Waals surface area contributed by atoms with Crippen molar-refractivity contribution in [2.45, 2.75) is 66.6 Å². The molecule has 1 fully saturated rings. The lowest BCUT2D eigenvalue weighted by atomic mass is 9.78. The van der Waals surface area contributed by atoms with Gasteiger partial charge in [-0.05, 0) is 175 Å². The van der Waals surface area contributed by atoms with Crippen molar-refractivity contribution in [3.8, 4) is 77.9 Å². The maximum atomic E-state index is 6.23. The van der Waals surface area contributed by atoms with Crippen LogP contribution in [-0.2, 0) is 9.31 Å². The molecular weight excluding hydrogens is 1120 g/mol. The summed E-state index contributed by atoms with van der Waals surface area (Å²) < 4.78 is 12.4. The molecule has 1 aliphatic heterocycles. The summed E-state index contributed by atoms with van der Waals surface area (Å²) in [6, 6.07) is 94.1. The summed E-state index contributed by atoms with van der Waals surface area (Å²) in [5.74, 6) is 0. The van der Waals surface area contributed by atoms with E-state index in [1.54, 1.807) is 0 Å². The highest BCUT2D eigenvalue weighted by atomic mass is 35.5. The van der Waals surface area contributed by atoms with Crippen LogP contribution in [0.15, 0.2) is 267 Å². The Kier molecular flexibility index (Phi) is 16.4. The molecule has 0 unspecified atom stereocenters. The maximum Gasteiger partial charge on any atom is 0.494 e. The van der Waals surface area contributed by atoms with Gasteiger partial charge in [0.05, 0.1) is 38.3 Å². The Hall–Kier alpha value is -9.89. The quantitative estimate of drug-likeness (QED) is 0.112. The number of hydrogen-bond acceptors (Lipinski definition) is 6. The van der Waals surface area contributed by atoms with E-state index in [1.807, 2.05) is 45.0 Å². The first-order valence-corrected chi connectivity index (χ1v) is 31.1. The standard InChI is InChI=1S/C38H28N2.C30H29BO2.C14H11ClN2/c1-25-13-14-31-19-22-34-35(23-26(2)40-38(34)37(31)39-25)30-17-15-27(16-18-30)32-20-21-33(28-9-5-3-6-10-28)36(24-32)29-11-7-4-8-12-29;1-29(2)30(3,4)33-31(32-29)26-18-15-22(16-19-26)25-17-20-27(23-11-7-5-8-12-23)28(21-25)24-13-9-6-10-14-24;1-8-3-4-10-5-6-11-12(15)7-9(2)17-14(11)13(10)16-8/h3-24H,1-2H3;5-21H,1-4H3;3-7H,1-2H3. The fourth-order valence-electron chi connectivity index (χ4n) is 11.9. The Morgan fingerprint density at radius 3 is 1.09 bits per heavy atom. The Morgan fingerprint density at radius 1 is 0.289 bits per heavy atom. The van der Waals surface area contributed by atoms with E-state index in [2.05, 4.69) is 287 Å². The van der Waals surface area contributed by atoms with Crippen LogP contribution in [-0.4, -0.2) is 38.3 Å². The molecule has 4 aromatic heterocycles. The van der Waals surface area contributed by atoms with Gasteiger partial charge in [-0.1, -0.05) is 242 Å². The van der Waals surface area contributed by atoms with E-state index in [1.165, 1.54) is 77.9 Å². The minimum Gasteiger partial charge on any atom is -0.399 e. The first-order valence-electron chi connectivity index (χ1n) is 30.7. The Balaban J connectivity index is 0.000000133. The number of fused-ring (bicyclic) bond motifs is 6. The third-order valence-corrected chi connectivity index (χ3v) is 17.8. The molecule has 0 bridgehead atoms. The van der Waals surface area contributed by atoms with Crippen molar-refractivity contribution in [3.05, 3.63) is 295 Å². The molecule has 0 atom stereocenters. The first-order chi connectivity index (χ1) is 43.6. The SMILES string of the molecule is CC1(C)OB(c2ccc(-c3ccc(-c4ccccc4)c(-c4ccccc4)c3)cc2)OC1(C)C.Cc1ccc2ccc3c(-c4ccc(-c5ccc(-c6ccccc6)c(-c6ccccc6)c5)cc4)cc(C)nc3c2n1.Cc1ccc2ccc3c(Cl)cc(C)nc3c2n1. The van der Waals surface area contributed by atoms with Crippen molar-refractivity contribution in [3.63, 3.8) is 0 Å². The van der Waals surface area contributed by atoms with Gasteiger partial charge < -0.3 is 9.31 Å². The van der Waals surface area contributed by atoms with Crippen molar-refractivity contribution < 1.29 is 9.31 Å². The fraction of sp³-hybridized carbons (Fsp3) is 0.122. The number of pyridine rings is 4. The monoisotopic (exact) mass is 1190 g/mol. The minimum absolute atomic E-state index is 0.339. The summed E-state index contributed by atoms with van der Waals surface area (Å²) in [5, 5.41) is 5.03. The number of nitrogens with zero attached hydrogens (tertiary/aromatic N) is 4. The van der Waals surface area contributed by atoms with E-state index < -0.39 is 0 Å². The predicted molar refractivity (Wildman–Crippen MR) is 378 cm³/mol. The van der Waals surface area contributed by atoms with Gasteiger partial charge in [0.1, 0.15) is 0 Å². The third-order valence-electron chi connectivity index (χ3n) is 17.4. The number of aromatic nitrogens is 4. The van der Waals surface area contributed by atoms with E-state index in [9.17, 15) is 0 Å². The van der Waals surface area contributed by atoms with Crippen LogP contribution in [0.2, 0.25) is 5.02 Å². The summed E-state index contributed by atoms with van der Waals surface area (Å²) >= 11 is 6.23. The molecule has 90 heavy (non-hydrogen) atoms. The zero-order chi connectivity index (χ0) is 62.1. The zero-order valence-corrected chi connectivity index (χ0v) is 52.7. The van der Waals surface area contributed by atoms with Crippen LogP contribution in [0.25, 0.3) is 122 Å². The van der Waals surface area contributed by atoms with Crippen molar-refractivity contribution >= 4 is 67.8 Å². The van der Waals surface area contributed by atoms with Crippen molar-refractivity contribution in [1.29, 1.82) is 0 Å². The number of hydrogen-bond donors (Lipinski definition) is 0. The lowest BCUT2D eigenvalue weighted by Crippen LogP contribution is -2.41. The van der Waals surface area contributed by atoms with Crippen LogP contribution in [0.5, 0.6) is 0 Å². The summed E-state index contributed by atoms with van der Waals surface area (Å²) in [5.41, 5.74) is 24.9. The van der Waals surface area contributed by atoms with Gasteiger partial charge in [0.15, 0.2) is 0 Å². The van der Waals surface area contributed by atoms with E-state index in [0.29, 0.717) is 0 Å². The molecule has 438 valence electrons. The van der Waals surface area contributed by atoms with Crippen molar-refractivity contribution in [1.82, 2.24) is 19.9 Å². The van der Waals surface area contributed by atoms with Crippen LogP contribution < -0.4 is 5.46 Å². The lowest BCUT2D eigenvalue weighted by molar-refractivity contribution is 0.00578. The van der Waals surface area contributed by atoms with Crippen molar-refractivity contribution in [2.24, 2.45) is 0 Å². The molecule has 10 aromatic carbocycles. The van der Waals surface area contributed by atoms with E-state index in [0.717, 1.165) is 76.9 Å². The summed E-state index contributed by atoms with van der Waals surface area (Å²) in [7, 11) is -0.343. The summed E-state index contributed by atoms with van der Waals surface area (Å²) in [4.78, 5) is 18.9. The Morgan fingerprint density at radius 2 is 0.633 bits per heavy atom. The smallest absolute Gasteiger partial charge is 0.399 e. The minimum atomic E-state index is -0.343. The molecule has 0 radical (unpaired) electrons. The van der Waals surface area contributed by atoms with Gasteiger partial charge in [0.2, 0.25) is 0 Å². The van der Waals surface area contributed by atoms with Gasteiger partial charge in [-0.25, -0.2) is 0 Å². The van der Waals surface area contributed by atoms with Crippen LogP contribution >= 0.6 is 11.6 Å². The van der Waals surface area contributed by atoms with Gasteiger partial charge in [0, 0.05) is 44.3 Å². The second-order valence-corrected chi connectivity index (χ2v) is 24.7. The second-order valence-electron chi connectivity index (χ2n) is 24.3. The molecule has 6 nitrogen and oxygen atoms in total. The first kappa shape index (κ1) is 59.1. The average molecular weight is 1190 g/mol. The topological polar surface area (TPSA) is 70.0 Å². The molecule has 15 rings (SSSR count). The predicted octanol–water partition coefficient (Wildman–Crippen LogP) is 21.1. The number of halogens is 1. The highest BCUT2D eigenvalue weighted by Crippen LogP contribution is 2.41. The third kappa shape index (κ3) is 12.2. The number of benzene rings is 10. The van der Waals surface area contributed by atoms with E-state index in [-0.39, 0.29) is 18.3 Å². The molecule has 8 heteroatoms. The number of rotatable bonds is 8. The highest BCUT2D eigenvalue weighted by molar-refractivity contribution is 6.62. The molecule has 0 N–H and O–H groups in total. The van der Waals surface area contributed by atoms with Gasteiger partial charge in [-0.15, -0.1) is 0 Å². The molecule has 0 aliphatic carbocycles. The average Bonchev–Trinajstić information content (AvgIpc) is 0.954. The molecule has 0 spiro atoms. The molecule has 0 amide bonds. The van der Waals surface area contributed by atoms with E-state index in [4.69, 9.17) is 30.9 Å². The van der Waals surface area contributed by atoms with Crippen LogP contribution in [0.3, 0.4) is 0 Å². The second kappa shape index (κ2) is 24.9. The van der Waals surface area contributed by atoms with Gasteiger partial charge in [0.25, 0.3) is 0 Å². The van der Waals surface area contributed by atoms with Gasteiger partial charge >= 0.3 is 7.12 Å². The Bertz CT molecular complexity index is 4910. The zero-order valence-electron chi connectivity index (χ0n) is 52.0. The van der Waals surface area contributed by atoms with Gasteiger partial charge in [-0.3, -0.25) is 19.9 Å². The molecular formula is C82H68BClN4O2. The highest BCUT2D eigenvalue weighted by Gasteiger charge is 2.51. The maximum absolute atomic E-state index is 6.23. The van der Waals surface area contributed by atoms with Gasteiger partial charge in [-0.2, -0.15) is 0 Å². The lowest BCUT2D eigenvalue weighted by Gasteiger charge is -2.32. The molecule has 1 saturated heterocycles. The van der Waals surface area contributed by atoms with E-state index >= 15 is 0 Å². The summed E-state index contributed by atoms with van der Waals surface area (Å²) in [6.45, 7) is 16.4. The van der Waals surface area contributed by atoms with Crippen molar-refractivity contribution in [2.75, 3.05) is 0 Å². The van der Waals surface area contributed by atoms with Crippen LogP contribution in [0, 0.1) is 27.7 Å². The van der Waals surface area contributed by atoms with Crippen LogP contribution in [0.4, 0.5) is 0 Å². The Labute approximate surface area is 533 Å². The molecule has 14 aromatic rings. The van der Waals surface area contributed by atoms with Crippen LogP contribution in [0.1, 0.15) is 50.5 Å². The summed E-state index contributed by atoms with van der Waals surface area (Å²) in [6.07, 6.45) is 0.